The van der Waals surface area contributed by atoms with Gasteiger partial charge in [-0.05, 0) is 12.5 Å². The van der Waals surface area contributed by atoms with Gasteiger partial charge in [0.15, 0.2) is 0 Å². The molecule has 0 bridgehead atoms. The molecule has 1 aromatic heterocycles. The number of carbonyl (C=O) groups is 2. The normalized spacial score (nSPS) is 21.6. The molecule has 3 rings (SSSR count). The first-order valence-electron chi connectivity index (χ1n) is 7.07. The van der Waals surface area contributed by atoms with Gasteiger partial charge in [-0.15, -0.1) is 0 Å². The van der Waals surface area contributed by atoms with Gasteiger partial charge in [-0.3, -0.25) is 0 Å². The fraction of sp³-hybridized carbons (Fsp3) is 0.500. The van der Waals surface area contributed by atoms with Crippen LogP contribution in [0, 0.1) is 6.92 Å². The number of hydrogen-bond acceptors (Lipinski definition) is 4. The SMILES string of the molecule is Cc1ccc(O[C@@H]2CCN(C(=O)N3CCNC3=O)C2)nc1. The van der Waals surface area contributed by atoms with Gasteiger partial charge in [0, 0.05) is 38.3 Å². The summed E-state index contributed by atoms with van der Waals surface area (Å²) in [4.78, 5) is 30.8. The van der Waals surface area contributed by atoms with Gasteiger partial charge in [-0.25, -0.2) is 19.5 Å². The first-order valence-corrected chi connectivity index (χ1v) is 7.07. The van der Waals surface area contributed by atoms with Gasteiger partial charge >= 0.3 is 12.1 Å². The largest absolute Gasteiger partial charge is 0.472 e. The summed E-state index contributed by atoms with van der Waals surface area (Å²) >= 11 is 0. The van der Waals surface area contributed by atoms with Crippen LogP contribution in [0.2, 0.25) is 0 Å². The van der Waals surface area contributed by atoms with Crippen molar-refractivity contribution in [1.82, 2.24) is 20.1 Å². The highest BCUT2D eigenvalue weighted by Crippen LogP contribution is 2.18. The predicted octanol–water partition coefficient (Wildman–Crippen LogP) is 0.988. The molecule has 2 aliphatic heterocycles. The van der Waals surface area contributed by atoms with E-state index in [1.54, 1.807) is 11.1 Å². The van der Waals surface area contributed by atoms with Crippen molar-refractivity contribution >= 4 is 12.1 Å². The van der Waals surface area contributed by atoms with Crippen LogP contribution >= 0.6 is 0 Å². The summed E-state index contributed by atoms with van der Waals surface area (Å²) in [5.41, 5.74) is 1.07. The molecule has 1 N–H and O–H groups in total. The minimum absolute atomic E-state index is 0.0742. The number of hydrogen-bond donors (Lipinski definition) is 1. The fourth-order valence-electron chi connectivity index (χ4n) is 2.52. The number of nitrogens with zero attached hydrogens (tertiary/aromatic N) is 3. The lowest BCUT2D eigenvalue weighted by molar-refractivity contribution is 0.160. The van der Waals surface area contributed by atoms with Crippen LogP contribution in [0.15, 0.2) is 18.3 Å². The van der Waals surface area contributed by atoms with Gasteiger partial charge in [-0.2, -0.15) is 0 Å². The van der Waals surface area contributed by atoms with E-state index in [-0.39, 0.29) is 18.2 Å². The standard InChI is InChI=1S/C14H18N4O3/c1-10-2-3-12(16-8-10)21-11-4-6-17(9-11)14(20)18-7-5-15-13(18)19/h2-3,8,11H,4-7,9H2,1H3,(H,15,19)/t11-/m1/s1. The molecule has 0 aliphatic carbocycles. The van der Waals surface area contributed by atoms with Crippen LogP contribution in [-0.2, 0) is 0 Å². The smallest absolute Gasteiger partial charge is 0.328 e. The van der Waals surface area contributed by atoms with Crippen molar-refractivity contribution in [2.75, 3.05) is 26.2 Å². The molecule has 2 aliphatic rings. The van der Waals surface area contributed by atoms with E-state index in [1.165, 1.54) is 4.90 Å². The van der Waals surface area contributed by atoms with Crippen molar-refractivity contribution in [2.24, 2.45) is 0 Å². The lowest BCUT2D eigenvalue weighted by Gasteiger charge is -2.21. The molecule has 3 heterocycles. The van der Waals surface area contributed by atoms with E-state index in [9.17, 15) is 9.59 Å². The molecule has 7 heteroatoms. The molecule has 2 fully saturated rings. The Morgan fingerprint density at radius 2 is 2.29 bits per heavy atom. The van der Waals surface area contributed by atoms with Crippen LogP contribution in [0.1, 0.15) is 12.0 Å². The Hall–Kier alpha value is -2.31. The molecule has 7 nitrogen and oxygen atoms in total. The Kier molecular flexibility index (Phi) is 3.64. The highest BCUT2D eigenvalue weighted by molar-refractivity contribution is 5.95. The number of carbonyl (C=O) groups excluding carboxylic acids is 2. The zero-order valence-corrected chi connectivity index (χ0v) is 11.9. The van der Waals surface area contributed by atoms with Crippen molar-refractivity contribution in [3.05, 3.63) is 23.9 Å². The number of amides is 4. The van der Waals surface area contributed by atoms with Crippen molar-refractivity contribution < 1.29 is 14.3 Å². The predicted molar refractivity (Wildman–Crippen MR) is 75.1 cm³/mol. The molecule has 0 saturated carbocycles. The maximum Gasteiger partial charge on any atom is 0.328 e. The lowest BCUT2D eigenvalue weighted by Crippen LogP contribution is -2.44. The average molecular weight is 290 g/mol. The number of urea groups is 2. The molecule has 0 unspecified atom stereocenters. The number of imide groups is 1. The highest BCUT2D eigenvalue weighted by atomic mass is 16.5. The van der Waals surface area contributed by atoms with Gasteiger partial charge in [0.25, 0.3) is 0 Å². The summed E-state index contributed by atoms with van der Waals surface area (Å²) in [5.74, 6) is 0.568. The third kappa shape index (κ3) is 2.91. The molecule has 0 aromatic carbocycles. The Bertz CT molecular complexity index is 546. The number of aryl methyl sites for hydroxylation is 1. The van der Waals surface area contributed by atoms with Crippen LogP contribution in [0.3, 0.4) is 0 Å². The number of aromatic nitrogens is 1. The minimum Gasteiger partial charge on any atom is -0.472 e. The molecule has 0 radical (unpaired) electrons. The lowest BCUT2D eigenvalue weighted by atomic mass is 10.3. The molecule has 0 spiro atoms. The summed E-state index contributed by atoms with van der Waals surface area (Å²) in [5, 5.41) is 2.63. The van der Waals surface area contributed by atoms with Crippen molar-refractivity contribution in [2.45, 2.75) is 19.4 Å². The van der Waals surface area contributed by atoms with Gasteiger partial charge < -0.3 is 15.0 Å². The highest BCUT2D eigenvalue weighted by Gasteiger charge is 2.35. The first-order chi connectivity index (χ1) is 10.1. The van der Waals surface area contributed by atoms with Crippen LogP contribution < -0.4 is 10.1 Å². The topological polar surface area (TPSA) is 74.8 Å². The number of ether oxygens (including phenoxy) is 1. The van der Waals surface area contributed by atoms with Crippen LogP contribution in [0.4, 0.5) is 9.59 Å². The maximum absolute atomic E-state index is 12.2. The van der Waals surface area contributed by atoms with Gasteiger partial charge in [0.1, 0.15) is 6.10 Å². The maximum atomic E-state index is 12.2. The second-order valence-corrected chi connectivity index (χ2v) is 5.31. The Labute approximate surface area is 122 Å². The summed E-state index contributed by atoms with van der Waals surface area (Å²) in [6.07, 6.45) is 2.42. The van der Waals surface area contributed by atoms with E-state index in [2.05, 4.69) is 10.3 Å². The third-order valence-corrected chi connectivity index (χ3v) is 3.67. The van der Waals surface area contributed by atoms with E-state index < -0.39 is 0 Å². The Morgan fingerprint density at radius 3 is 2.95 bits per heavy atom. The fourth-order valence-corrected chi connectivity index (χ4v) is 2.52. The van der Waals surface area contributed by atoms with E-state index in [4.69, 9.17) is 4.74 Å². The van der Waals surface area contributed by atoms with Gasteiger partial charge in [0.05, 0.1) is 6.54 Å². The van der Waals surface area contributed by atoms with Crippen molar-refractivity contribution in [3.8, 4) is 5.88 Å². The number of pyridine rings is 1. The second-order valence-electron chi connectivity index (χ2n) is 5.31. The van der Waals surface area contributed by atoms with Gasteiger partial charge in [-0.1, -0.05) is 6.07 Å². The van der Waals surface area contributed by atoms with E-state index in [1.807, 2.05) is 19.1 Å². The molecular weight excluding hydrogens is 272 g/mol. The minimum atomic E-state index is -0.315. The van der Waals surface area contributed by atoms with E-state index >= 15 is 0 Å². The van der Waals surface area contributed by atoms with E-state index in [0.717, 1.165) is 12.0 Å². The molecule has 1 aromatic rings. The van der Waals surface area contributed by atoms with E-state index in [0.29, 0.717) is 32.1 Å². The quantitative estimate of drug-likeness (QED) is 0.881. The van der Waals surface area contributed by atoms with Crippen molar-refractivity contribution in [1.29, 1.82) is 0 Å². The number of likely N-dealkylation sites (tertiary alicyclic amines) is 1. The number of nitrogens with one attached hydrogen (secondary N) is 1. The monoisotopic (exact) mass is 290 g/mol. The summed E-state index contributed by atoms with van der Waals surface area (Å²) in [6, 6.07) is 3.21. The second kappa shape index (κ2) is 5.59. The number of rotatable bonds is 2. The van der Waals surface area contributed by atoms with Gasteiger partial charge in [0.2, 0.25) is 5.88 Å². The third-order valence-electron chi connectivity index (χ3n) is 3.67. The first kappa shape index (κ1) is 13.7. The zero-order chi connectivity index (χ0) is 14.8. The molecule has 4 amide bonds. The van der Waals surface area contributed by atoms with Crippen LogP contribution in [0.25, 0.3) is 0 Å². The summed E-state index contributed by atoms with van der Waals surface area (Å²) in [7, 11) is 0. The Morgan fingerprint density at radius 1 is 1.43 bits per heavy atom. The Balaban J connectivity index is 1.56. The molecule has 1 atom stereocenters. The molecule has 21 heavy (non-hydrogen) atoms. The summed E-state index contributed by atoms with van der Waals surface area (Å²) < 4.78 is 5.78. The average Bonchev–Trinajstić information content (AvgIpc) is 3.10. The molecule has 2 saturated heterocycles. The summed E-state index contributed by atoms with van der Waals surface area (Å²) in [6.45, 7) is 4.00. The van der Waals surface area contributed by atoms with Crippen molar-refractivity contribution in [3.63, 3.8) is 0 Å². The van der Waals surface area contributed by atoms with Crippen LogP contribution in [0.5, 0.6) is 5.88 Å². The molecular formula is C14H18N4O3. The van der Waals surface area contributed by atoms with Crippen LogP contribution in [-0.4, -0.2) is 59.1 Å². The zero-order valence-electron chi connectivity index (χ0n) is 11.9. The molecule has 112 valence electrons.